The molecular formula is C20H23FN4. The van der Waals surface area contributed by atoms with E-state index >= 15 is 0 Å². The van der Waals surface area contributed by atoms with Gasteiger partial charge in [-0.2, -0.15) is 5.10 Å². The summed E-state index contributed by atoms with van der Waals surface area (Å²) < 4.78 is 16.3. The van der Waals surface area contributed by atoms with Gasteiger partial charge in [0.15, 0.2) is 0 Å². The lowest BCUT2D eigenvalue weighted by atomic mass is 9.87. The van der Waals surface area contributed by atoms with Crippen LogP contribution in [0.5, 0.6) is 0 Å². The molecule has 1 N–H and O–H groups in total. The van der Waals surface area contributed by atoms with E-state index in [1.165, 1.54) is 31.2 Å². The molecule has 1 aromatic carbocycles. The maximum absolute atomic E-state index is 14.3. The molecule has 0 aliphatic heterocycles. The van der Waals surface area contributed by atoms with Crippen molar-refractivity contribution < 1.29 is 4.39 Å². The first-order chi connectivity index (χ1) is 12.2. The summed E-state index contributed by atoms with van der Waals surface area (Å²) >= 11 is 0. The molecule has 1 heterocycles. The molecule has 25 heavy (non-hydrogen) atoms. The Labute approximate surface area is 147 Å². The van der Waals surface area contributed by atoms with E-state index in [0.29, 0.717) is 17.4 Å². The largest absolute Gasteiger partial charge is 0.290 e. The van der Waals surface area contributed by atoms with Gasteiger partial charge >= 0.3 is 0 Å². The first-order valence-corrected chi connectivity index (χ1v) is 8.64. The molecule has 2 aromatic rings. The molecule has 0 bridgehead atoms. The molecule has 5 heteroatoms. The quantitative estimate of drug-likeness (QED) is 0.617. The lowest BCUT2D eigenvalue weighted by Crippen LogP contribution is -2.13. The SMILES string of the molecule is Cn1nccc1C1CCCC1Cc1ccc(/C=C/C=N\C=N)c(F)c1. The van der Waals surface area contributed by atoms with Crippen molar-refractivity contribution in [2.75, 3.05) is 0 Å². The Hall–Kier alpha value is -2.56. The predicted molar refractivity (Wildman–Crippen MR) is 99.7 cm³/mol. The van der Waals surface area contributed by atoms with E-state index in [-0.39, 0.29) is 5.82 Å². The van der Waals surface area contributed by atoms with E-state index in [1.54, 1.807) is 18.2 Å². The maximum atomic E-state index is 14.3. The van der Waals surface area contributed by atoms with Crippen LogP contribution in [-0.2, 0) is 13.5 Å². The number of rotatable bonds is 6. The third-order valence-electron chi connectivity index (χ3n) is 4.98. The van der Waals surface area contributed by atoms with Gasteiger partial charge in [-0.05, 0) is 49.0 Å². The van der Waals surface area contributed by atoms with Gasteiger partial charge in [0.2, 0.25) is 0 Å². The summed E-state index contributed by atoms with van der Waals surface area (Å²) in [6.45, 7) is 0. The van der Waals surface area contributed by atoms with Gasteiger partial charge in [0.25, 0.3) is 0 Å². The number of allylic oxidation sites excluding steroid dienone is 1. The molecule has 0 radical (unpaired) electrons. The second-order valence-electron chi connectivity index (χ2n) is 6.52. The normalized spacial score (nSPS) is 20.7. The fraction of sp³-hybridized carbons (Fsp3) is 0.350. The van der Waals surface area contributed by atoms with Crippen molar-refractivity contribution in [1.82, 2.24) is 9.78 Å². The minimum absolute atomic E-state index is 0.216. The van der Waals surface area contributed by atoms with Gasteiger partial charge in [-0.15, -0.1) is 0 Å². The highest BCUT2D eigenvalue weighted by Gasteiger charge is 2.30. The number of nitrogens with one attached hydrogen (secondary N) is 1. The Balaban J connectivity index is 1.71. The molecular weight excluding hydrogens is 315 g/mol. The molecule has 1 fully saturated rings. The molecule has 0 saturated heterocycles. The monoisotopic (exact) mass is 338 g/mol. The van der Waals surface area contributed by atoms with Crippen molar-refractivity contribution in [1.29, 1.82) is 5.41 Å². The fourth-order valence-electron chi connectivity index (χ4n) is 3.79. The van der Waals surface area contributed by atoms with Crippen molar-refractivity contribution in [2.24, 2.45) is 18.0 Å². The highest BCUT2D eigenvalue weighted by Crippen LogP contribution is 2.41. The lowest BCUT2D eigenvalue weighted by Gasteiger charge is -2.20. The molecule has 1 aromatic heterocycles. The number of benzene rings is 1. The summed E-state index contributed by atoms with van der Waals surface area (Å²) in [5, 5.41) is 11.1. The van der Waals surface area contributed by atoms with E-state index in [0.717, 1.165) is 18.3 Å². The summed E-state index contributed by atoms with van der Waals surface area (Å²) in [6, 6.07) is 7.57. The second kappa shape index (κ2) is 8.01. The smallest absolute Gasteiger partial charge is 0.130 e. The topological polar surface area (TPSA) is 54.0 Å². The van der Waals surface area contributed by atoms with Gasteiger partial charge < -0.3 is 0 Å². The maximum Gasteiger partial charge on any atom is 0.130 e. The van der Waals surface area contributed by atoms with Crippen LogP contribution in [0, 0.1) is 17.1 Å². The Bertz CT molecular complexity index is 791. The minimum atomic E-state index is -0.216. The van der Waals surface area contributed by atoms with Crippen LogP contribution >= 0.6 is 0 Å². The van der Waals surface area contributed by atoms with Crippen LogP contribution < -0.4 is 0 Å². The van der Waals surface area contributed by atoms with Crippen molar-refractivity contribution in [3.8, 4) is 0 Å². The summed E-state index contributed by atoms with van der Waals surface area (Å²) in [5.74, 6) is 0.829. The Morgan fingerprint density at radius 2 is 2.24 bits per heavy atom. The zero-order valence-corrected chi connectivity index (χ0v) is 14.4. The Morgan fingerprint density at radius 1 is 1.36 bits per heavy atom. The Morgan fingerprint density at radius 3 is 2.96 bits per heavy atom. The third-order valence-corrected chi connectivity index (χ3v) is 4.98. The second-order valence-corrected chi connectivity index (χ2v) is 6.52. The van der Waals surface area contributed by atoms with Gasteiger partial charge in [-0.3, -0.25) is 10.1 Å². The molecule has 2 unspecified atom stereocenters. The average Bonchev–Trinajstić information content (AvgIpc) is 3.21. The lowest BCUT2D eigenvalue weighted by molar-refractivity contribution is 0.456. The van der Waals surface area contributed by atoms with Gasteiger partial charge in [-0.25, -0.2) is 9.38 Å². The number of hydrogen-bond acceptors (Lipinski definition) is 2. The van der Waals surface area contributed by atoms with Crippen LogP contribution in [0.1, 0.15) is 42.0 Å². The average molecular weight is 338 g/mol. The van der Waals surface area contributed by atoms with Crippen LogP contribution in [0.4, 0.5) is 4.39 Å². The van der Waals surface area contributed by atoms with Crippen molar-refractivity contribution in [3.05, 3.63) is 59.2 Å². The first kappa shape index (κ1) is 17.3. The van der Waals surface area contributed by atoms with E-state index in [9.17, 15) is 4.39 Å². The van der Waals surface area contributed by atoms with Gasteiger partial charge in [-0.1, -0.05) is 24.6 Å². The van der Waals surface area contributed by atoms with Crippen LogP contribution in [0.3, 0.4) is 0 Å². The van der Waals surface area contributed by atoms with E-state index < -0.39 is 0 Å². The predicted octanol–water partition coefficient (Wildman–Crippen LogP) is 4.38. The Kier molecular flexibility index (Phi) is 5.53. The molecule has 1 aliphatic carbocycles. The third kappa shape index (κ3) is 4.10. The summed E-state index contributed by atoms with van der Waals surface area (Å²) in [4.78, 5) is 3.64. The summed E-state index contributed by atoms with van der Waals surface area (Å²) in [6.07, 6.45) is 12.1. The molecule has 0 amide bonds. The number of aliphatic imine (C=N–C) groups is 1. The van der Waals surface area contributed by atoms with E-state index in [2.05, 4.69) is 16.2 Å². The first-order valence-electron chi connectivity index (χ1n) is 8.64. The molecule has 3 rings (SSSR count). The van der Waals surface area contributed by atoms with E-state index in [1.807, 2.05) is 30.1 Å². The molecule has 0 spiro atoms. The van der Waals surface area contributed by atoms with Crippen LogP contribution in [0.2, 0.25) is 0 Å². The van der Waals surface area contributed by atoms with Crippen molar-refractivity contribution in [3.63, 3.8) is 0 Å². The molecule has 4 nitrogen and oxygen atoms in total. The zero-order chi connectivity index (χ0) is 17.6. The number of halogens is 1. The number of hydrogen-bond donors (Lipinski definition) is 1. The highest BCUT2D eigenvalue weighted by molar-refractivity contribution is 5.83. The van der Waals surface area contributed by atoms with Crippen LogP contribution in [0.25, 0.3) is 6.08 Å². The zero-order valence-electron chi connectivity index (χ0n) is 14.4. The minimum Gasteiger partial charge on any atom is -0.290 e. The molecule has 130 valence electrons. The van der Waals surface area contributed by atoms with Gasteiger partial charge in [0.05, 0.1) is 0 Å². The summed E-state index contributed by atoms with van der Waals surface area (Å²) in [7, 11) is 1.99. The summed E-state index contributed by atoms with van der Waals surface area (Å²) in [5.41, 5.74) is 2.87. The van der Waals surface area contributed by atoms with Crippen molar-refractivity contribution >= 4 is 18.6 Å². The number of nitrogens with zero attached hydrogens (tertiary/aromatic N) is 3. The van der Waals surface area contributed by atoms with Crippen LogP contribution in [-0.4, -0.2) is 22.3 Å². The standard InChI is InChI=1S/C20H23FN4/c1-25-20(9-11-24-25)18-6-2-4-17(18)12-15-7-8-16(19(21)13-15)5-3-10-23-14-22/h3,5,7-11,13-14,17-18,22H,2,4,6,12H2,1H3/b5-3+,22-14?,23-10-. The van der Waals surface area contributed by atoms with Gasteiger partial charge in [0.1, 0.15) is 12.2 Å². The van der Waals surface area contributed by atoms with Crippen molar-refractivity contribution in [2.45, 2.75) is 31.6 Å². The number of aromatic nitrogens is 2. The molecule has 1 saturated carbocycles. The fourth-order valence-corrected chi connectivity index (χ4v) is 3.79. The molecule has 2 atom stereocenters. The van der Waals surface area contributed by atoms with Crippen LogP contribution in [0.15, 0.2) is 41.5 Å². The highest BCUT2D eigenvalue weighted by atomic mass is 19.1. The van der Waals surface area contributed by atoms with Gasteiger partial charge in [0, 0.05) is 36.6 Å². The molecule has 1 aliphatic rings. The van der Waals surface area contributed by atoms with E-state index in [4.69, 9.17) is 5.41 Å². The number of aryl methyl sites for hydroxylation is 1.